The maximum Gasteiger partial charge on any atom is 0.270 e. The van der Waals surface area contributed by atoms with Crippen LogP contribution in [-0.4, -0.2) is 46.3 Å². The van der Waals surface area contributed by atoms with Gasteiger partial charge in [0.15, 0.2) is 0 Å². The Bertz CT molecular complexity index is 1490. The van der Waals surface area contributed by atoms with E-state index < -0.39 is 4.92 Å². The molecular weight excluding hydrogens is 507 g/mol. The van der Waals surface area contributed by atoms with Gasteiger partial charge in [0.25, 0.3) is 5.69 Å². The molecule has 39 heavy (non-hydrogen) atoms. The number of halogens is 1. The van der Waals surface area contributed by atoms with Gasteiger partial charge >= 0.3 is 0 Å². The first-order valence-corrected chi connectivity index (χ1v) is 12.2. The molecule has 1 fully saturated rings. The molecule has 0 spiro atoms. The van der Waals surface area contributed by atoms with Gasteiger partial charge in [-0.2, -0.15) is 20.1 Å². The summed E-state index contributed by atoms with van der Waals surface area (Å²) in [6.07, 6.45) is 4.68. The Morgan fingerprint density at radius 3 is 2.56 bits per heavy atom. The number of nitrogens with zero attached hydrogens (tertiary/aromatic N) is 6. The first kappa shape index (κ1) is 25.6. The van der Waals surface area contributed by atoms with Crippen molar-refractivity contribution in [3.05, 3.63) is 76.3 Å². The van der Waals surface area contributed by atoms with Crippen molar-refractivity contribution in [2.24, 2.45) is 5.10 Å². The van der Waals surface area contributed by atoms with E-state index in [2.05, 4.69) is 35.7 Å². The molecule has 13 heteroatoms. The number of nitrogens with one attached hydrogen (secondary N) is 2. The van der Waals surface area contributed by atoms with Gasteiger partial charge in [0, 0.05) is 30.9 Å². The summed E-state index contributed by atoms with van der Waals surface area (Å²) in [4.78, 5) is 26.2. The molecule has 0 aliphatic carbocycles. The molecule has 0 radical (unpaired) electrons. The molecule has 1 aliphatic rings. The van der Waals surface area contributed by atoms with Crippen molar-refractivity contribution in [3.63, 3.8) is 0 Å². The lowest BCUT2D eigenvalue weighted by Gasteiger charge is -2.26. The van der Waals surface area contributed by atoms with Gasteiger partial charge in [0.1, 0.15) is 23.1 Å². The number of aromatic nitrogens is 3. The average molecular weight is 533 g/mol. The molecule has 1 aliphatic heterocycles. The van der Waals surface area contributed by atoms with Crippen molar-refractivity contribution in [3.8, 4) is 17.1 Å². The van der Waals surface area contributed by atoms with Crippen LogP contribution < -0.4 is 20.4 Å². The number of piperidine rings is 1. The number of anilines is 4. The van der Waals surface area contributed by atoms with Gasteiger partial charge in [-0.05, 0) is 61.7 Å². The molecule has 12 nitrogen and oxygen atoms in total. The molecule has 0 unspecified atom stereocenters. The summed E-state index contributed by atoms with van der Waals surface area (Å²) in [7, 11) is 1.48. The standard InChI is InChI=1S/C26H25FN8O4/c1-38-22-11-9-19(35(36)37)15-21(22)23-12-10-20(39-23)16-28-33-25-30-24(29-18-7-5-17(27)6-8-18)31-26(32-25)34-13-3-2-4-14-34/h5-12,15-16H,2-4,13-14H2,1H3,(H2,29,30,31,32,33)/b28-16-. The Labute approximate surface area is 222 Å². The van der Waals surface area contributed by atoms with Crippen LogP contribution in [-0.2, 0) is 0 Å². The Morgan fingerprint density at radius 2 is 1.82 bits per heavy atom. The first-order chi connectivity index (χ1) is 19.0. The minimum absolute atomic E-state index is 0.0801. The second-order valence-electron chi connectivity index (χ2n) is 8.68. The average Bonchev–Trinajstić information content (AvgIpc) is 3.43. The van der Waals surface area contributed by atoms with Crippen molar-refractivity contribution in [1.29, 1.82) is 0 Å². The highest BCUT2D eigenvalue weighted by Crippen LogP contribution is 2.34. The number of hydrogen-bond donors (Lipinski definition) is 2. The van der Waals surface area contributed by atoms with Crippen LogP contribution in [0.15, 0.2) is 64.1 Å². The topological polar surface area (TPSA) is 144 Å². The van der Waals surface area contributed by atoms with E-state index >= 15 is 0 Å². The molecular formula is C26H25FN8O4. The van der Waals surface area contributed by atoms with Crippen LogP contribution in [0.4, 0.5) is 33.6 Å². The van der Waals surface area contributed by atoms with Gasteiger partial charge in [-0.25, -0.2) is 9.82 Å². The zero-order chi connectivity index (χ0) is 27.2. The van der Waals surface area contributed by atoms with E-state index in [-0.39, 0.29) is 23.4 Å². The van der Waals surface area contributed by atoms with E-state index in [9.17, 15) is 14.5 Å². The van der Waals surface area contributed by atoms with Crippen LogP contribution in [0.2, 0.25) is 0 Å². The fraction of sp³-hybridized carbons (Fsp3) is 0.231. The zero-order valence-electron chi connectivity index (χ0n) is 21.0. The van der Waals surface area contributed by atoms with Gasteiger partial charge in [0.05, 0.1) is 23.8 Å². The number of rotatable bonds is 9. The van der Waals surface area contributed by atoms with Gasteiger partial charge in [-0.3, -0.25) is 10.1 Å². The summed E-state index contributed by atoms with van der Waals surface area (Å²) in [5, 5.41) is 18.5. The molecule has 3 heterocycles. The third-order valence-electron chi connectivity index (χ3n) is 6.01. The summed E-state index contributed by atoms with van der Waals surface area (Å²) in [5.74, 6) is 1.87. The predicted molar refractivity (Wildman–Crippen MR) is 144 cm³/mol. The van der Waals surface area contributed by atoms with Gasteiger partial charge in [-0.15, -0.1) is 0 Å². The number of furan rings is 1. The molecule has 4 aromatic rings. The summed E-state index contributed by atoms with van der Waals surface area (Å²) < 4.78 is 24.5. The maximum atomic E-state index is 13.3. The predicted octanol–water partition coefficient (Wildman–Crippen LogP) is 5.37. The Kier molecular flexibility index (Phi) is 7.57. The zero-order valence-corrected chi connectivity index (χ0v) is 21.0. The summed E-state index contributed by atoms with van der Waals surface area (Å²) >= 11 is 0. The quantitative estimate of drug-likeness (QED) is 0.164. The molecule has 0 bridgehead atoms. The third-order valence-corrected chi connectivity index (χ3v) is 6.01. The number of benzene rings is 2. The van der Waals surface area contributed by atoms with Gasteiger partial charge in [0.2, 0.25) is 17.8 Å². The lowest BCUT2D eigenvalue weighted by molar-refractivity contribution is -0.384. The molecule has 2 N–H and O–H groups in total. The number of methoxy groups -OCH3 is 1. The van der Waals surface area contributed by atoms with Crippen molar-refractivity contribution < 1.29 is 18.5 Å². The van der Waals surface area contributed by atoms with Crippen LogP contribution >= 0.6 is 0 Å². The smallest absolute Gasteiger partial charge is 0.270 e. The van der Waals surface area contributed by atoms with Gasteiger partial charge in [-0.1, -0.05) is 0 Å². The number of non-ortho nitro benzene ring substituents is 1. The SMILES string of the molecule is COc1ccc([N+](=O)[O-])cc1-c1ccc(/C=N\Nc2nc(Nc3ccc(F)cc3)nc(N3CCCCC3)n2)o1. The number of hydrazone groups is 1. The van der Waals surface area contributed by atoms with E-state index in [1.807, 2.05) is 0 Å². The van der Waals surface area contributed by atoms with E-state index in [1.54, 1.807) is 24.3 Å². The fourth-order valence-corrected chi connectivity index (χ4v) is 4.09. The van der Waals surface area contributed by atoms with Gasteiger partial charge < -0.3 is 19.4 Å². The lowest BCUT2D eigenvalue weighted by Crippen LogP contribution is -2.31. The summed E-state index contributed by atoms with van der Waals surface area (Å²) in [6.45, 7) is 1.66. The summed E-state index contributed by atoms with van der Waals surface area (Å²) in [6, 6.07) is 13.5. The van der Waals surface area contributed by atoms with E-state index in [0.717, 1.165) is 32.4 Å². The second kappa shape index (κ2) is 11.5. The minimum atomic E-state index is -0.482. The highest BCUT2D eigenvalue weighted by atomic mass is 19.1. The van der Waals surface area contributed by atoms with Crippen molar-refractivity contribution >= 4 is 35.4 Å². The monoisotopic (exact) mass is 532 g/mol. The Morgan fingerprint density at radius 1 is 1.05 bits per heavy atom. The van der Waals surface area contributed by atoms with E-state index in [0.29, 0.717) is 34.5 Å². The third kappa shape index (κ3) is 6.26. The number of ether oxygens (including phenoxy) is 1. The van der Waals surface area contributed by atoms with E-state index in [1.165, 1.54) is 43.7 Å². The van der Waals surface area contributed by atoms with Crippen LogP contribution in [0.5, 0.6) is 5.75 Å². The molecule has 0 saturated carbocycles. The number of nitro benzene ring substituents is 1. The van der Waals surface area contributed by atoms with Crippen LogP contribution in [0.1, 0.15) is 25.0 Å². The number of nitro groups is 1. The fourth-order valence-electron chi connectivity index (χ4n) is 4.09. The Hall–Kier alpha value is -5.07. The minimum Gasteiger partial charge on any atom is -0.496 e. The molecule has 200 valence electrons. The molecule has 0 amide bonds. The molecule has 2 aromatic carbocycles. The lowest BCUT2D eigenvalue weighted by atomic mass is 10.1. The normalized spacial score (nSPS) is 13.4. The van der Waals surface area contributed by atoms with Crippen molar-refractivity contribution in [1.82, 2.24) is 15.0 Å². The second-order valence-corrected chi connectivity index (χ2v) is 8.68. The largest absolute Gasteiger partial charge is 0.496 e. The van der Waals surface area contributed by atoms with E-state index in [4.69, 9.17) is 9.15 Å². The van der Waals surface area contributed by atoms with Crippen LogP contribution in [0.3, 0.4) is 0 Å². The van der Waals surface area contributed by atoms with Crippen LogP contribution in [0.25, 0.3) is 11.3 Å². The van der Waals surface area contributed by atoms with Crippen molar-refractivity contribution in [2.75, 3.05) is 35.8 Å². The molecule has 2 aromatic heterocycles. The van der Waals surface area contributed by atoms with Crippen molar-refractivity contribution in [2.45, 2.75) is 19.3 Å². The maximum absolute atomic E-state index is 13.3. The summed E-state index contributed by atoms with van der Waals surface area (Å²) in [5.41, 5.74) is 3.80. The Balaban J connectivity index is 1.35. The first-order valence-electron chi connectivity index (χ1n) is 12.2. The highest BCUT2D eigenvalue weighted by molar-refractivity contribution is 5.79. The molecule has 1 saturated heterocycles. The number of hydrogen-bond acceptors (Lipinski definition) is 11. The molecule has 5 rings (SSSR count). The molecule has 0 atom stereocenters. The highest BCUT2D eigenvalue weighted by Gasteiger charge is 2.17. The van der Waals surface area contributed by atoms with Crippen LogP contribution in [0, 0.1) is 15.9 Å².